The van der Waals surface area contributed by atoms with Crippen molar-refractivity contribution in [3.05, 3.63) is 12.0 Å². The van der Waals surface area contributed by atoms with Crippen LogP contribution in [0, 0.1) is 0 Å². The van der Waals surface area contributed by atoms with E-state index in [2.05, 4.69) is 0 Å². The Labute approximate surface area is 53.5 Å². The van der Waals surface area contributed by atoms with Gasteiger partial charge in [0, 0.05) is 0 Å². The molecule has 0 bridgehead atoms. The third-order valence-electron chi connectivity index (χ3n) is 0.596. The van der Waals surface area contributed by atoms with Crippen LogP contribution in [0.5, 0.6) is 0 Å². The highest BCUT2D eigenvalue weighted by atomic mass is 16.5. The first-order valence-corrected chi connectivity index (χ1v) is 2.56. The van der Waals surface area contributed by atoms with Crippen LogP contribution in [0.4, 0.5) is 0 Å². The minimum atomic E-state index is -0.596. The van der Waals surface area contributed by atoms with Gasteiger partial charge in [0.15, 0.2) is 5.88 Å². The number of carbonyl (C=O) groups is 1. The molecule has 0 saturated carbocycles. The van der Waals surface area contributed by atoms with Crippen LogP contribution >= 0.6 is 0 Å². The van der Waals surface area contributed by atoms with Gasteiger partial charge >= 0.3 is 0 Å². The maximum atomic E-state index is 10.1. The fourth-order valence-electron chi connectivity index (χ4n) is 0.349. The highest BCUT2D eigenvalue weighted by Crippen LogP contribution is 1.83. The summed E-state index contributed by atoms with van der Waals surface area (Å²) in [6.45, 7) is 2.21. The molecule has 0 heterocycles. The highest BCUT2D eigenvalue weighted by Gasteiger charge is 1.89. The van der Waals surface area contributed by atoms with Crippen molar-refractivity contribution in [2.24, 2.45) is 11.5 Å². The molecule has 0 rings (SSSR count). The van der Waals surface area contributed by atoms with Crippen LogP contribution < -0.4 is 11.5 Å². The average molecular weight is 130 g/mol. The molecule has 9 heavy (non-hydrogen) atoms. The summed E-state index contributed by atoms with van der Waals surface area (Å²) in [7, 11) is 0. The molecule has 0 aliphatic rings. The second kappa shape index (κ2) is 3.77. The van der Waals surface area contributed by atoms with Crippen LogP contribution in [0.15, 0.2) is 12.0 Å². The molecule has 0 radical (unpaired) electrons. The first-order valence-electron chi connectivity index (χ1n) is 2.56. The summed E-state index contributed by atoms with van der Waals surface area (Å²) in [6.07, 6.45) is 1.03. The topological polar surface area (TPSA) is 78.3 Å². The van der Waals surface area contributed by atoms with Gasteiger partial charge in [0.05, 0.1) is 12.7 Å². The Morgan fingerprint density at radius 1 is 1.67 bits per heavy atom. The largest absolute Gasteiger partial charge is 0.479 e. The summed E-state index contributed by atoms with van der Waals surface area (Å²) in [5, 5.41) is 0. The number of hydrogen-bond acceptors (Lipinski definition) is 3. The molecular formula is C5H10N2O2. The Hall–Kier alpha value is -1.19. The third kappa shape index (κ3) is 4.67. The number of carbonyl (C=O) groups excluding carboxylic acids is 1. The molecular weight excluding hydrogens is 120 g/mol. The molecule has 4 heteroatoms. The normalized spacial score (nSPS) is 11.0. The highest BCUT2D eigenvalue weighted by molar-refractivity contribution is 5.86. The molecule has 0 fully saturated rings. The fraction of sp³-hybridized carbons (Fsp3) is 0.400. The van der Waals surface area contributed by atoms with Crippen molar-refractivity contribution in [3.8, 4) is 0 Å². The maximum Gasteiger partial charge on any atom is 0.246 e. The van der Waals surface area contributed by atoms with Crippen molar-refractivity contribution in [2.75, 3.05) is 6.61 Å². The molecule has 0 spiro atoms. The minimum Gasteiger partial charge on any atom is -0.479 e. The van der Waals surface area contributed by atoms with E-state index in [4.69, 9.17) is 16.2 Å². The van der Waals surface area contributed by atoms with Gasteiger partial charge in [0.2, 0.25) is 5.91 Å². The molecule has 0 atom stereocenters. The molecule has 0 saturated heterocycles. The number of ether oxygens (including phenoxy) is 1. The van der Waals surface area contributed by atoms with Crippen LogP contribution in [0.25, 0.3) is 0 Å². The Morgan fingerprint density at radius 2 is 2.22 bits per heavy atom. The average Bonchev–Trinajstić information content (AvgIpc) is 1.63. The van der Waals surface area contributed by atoms with Crippen molar-refractivity contribution in [1.82, 2.24) is 0 Å². The lowest BCUT2D eigenvalue weighted by atomic mass is 10.6. The summed E-state index contributed by atoms with van der Waals surface area (Å²) in [5.41, 5.74) is 9.87. The van der Waals surface area contributed by atoms with Crippen molar-refractivity contribution in [3.63, 3.8) is 0 Å². The lowest BCUT2D eigenvalue weighted by Gasteiger charge is -1.98. The lowest BCUT2D eigenvalue weighted by molar-refractivity contribution is -0.113. The maximum absolute atomic E-state index is 10.1. The molecule has 4 N–H and O–H groups in total. The molecule has 0 aromatic heterocycles. The van der Waals surface area contributed by atoms with Crippen LogP contribution in [-0.2, 0) is 9.53 Å². The van der Waals surface area contributed by atoms with Crippen LogP contribution in [0.2, 0.25) is 0 Å². The number of rotatable bonds is 3. The van der Waals surface area contributed by atoms with E-state index in [9.17, 15) is 4.79 Å². The summed E-state index contributed by atoms with van der Waals surface area (Å²) in [4.78, 5) is 10.1. The van der Waals surface area contributed by atoms with E-state index >= 15 is 0 Å². The molecule has 52 valence electrons. The Kier molecular flexibility index (Phi) is 3.27. The smallest absolute Gasteiger partial charge is 0.246 e. The third-order valence-corrected chi connectivity index (χ3v) is 0.596. The Bertz CT molecular complexity index is 131. The molecule has 1 amide bonds. The zero-order valence-electron chi connectivity index (χ0n) is 5.26. The van der Waals surface area contributed by atoms with Gasteiger partial charge in [-0.2, -0.15) is 0 Å². The van der Waals surface area contributed by atoms with E-state index in [0.29, 0.717) is 6.61 Å². The summed E-state index contributed by atoms with van der Waals surface area (Å²) >= 11 is 0. The second-order valence-corrected chi connectivity index (χ2v) is 1.38. The van der Waals surface area contributed by atoms with E-state index < -0.39 is 5.91 Å². The van der Waals surface area contributed by atoms with Crippen molar-refractivity contribution >= 4 is 5.91 Å². The Morgan fingerprint density at radius 3 is 2.56 bits per heavy atom. The van der Waals surface area contributed by atoms with E-state index in [1.807, 2.05) is 0 Å². The van der Waals surface area contributed by atoms with Gasteiger partial charge in [-0.1, -0.05) is 0 Å². The van der Waals surface area contributed by atoms with E-state index in [1.165, 1.54) is 0 Å². The molecule has 4 nitrogen and oxygen atoms in total. The molecule has 0 aliphatic heterocycles. The van der Waals surface area contributed by atoms with Gasteiger partial charge in [0.25, 0.3) is 0 Å². The number of hydrogen-bond donors (Lipinski definition) is 2. The SMILES string of the molecule is CCOC(N)=CC(N)=O. The predicted octanol–water partition coefficient (Wildman–Crippen LogP) is -0.692. The number of nitrogens with two attached hydrogens (primary N) is 2. The fourth-order valence-corrected chi connectivity index (χ4v) is 0.349. The van der Waals surface area contributed by atoms with E-state index in [1.54, 1.807) is 6.92 Å². The lowest BCUT2D eigenvalue weighted by Crippen LogP contribution is -2.12. The first kappa shape index (κ1) is 7.81. The van der Waals surface area contributed by atoms with Gasteiger partial charge in [0.1, 0.15) is 0 Å². The van der Waals surface area contributed by atoms with Crippen LogP contribution in [-0.4, -0.2) is 12.5 Å². The molecule has 0 unspecified atom stereocenters. The van der Waals surface area contributed by atoms with Crippen molar-refractivity contribution < 1.29 is 9.53 Å². The quantitative estimate of drug-likeness (QED) is 0.392. The molecule has 0 aromatic carbocycles. The van der Waals surface area contributed by atoms with Crippen LogP contribution in [0.1, 0.15) is 6.92 Å². The molecule has 0 aliphatic carbocycles. The predicted molar refractivity (Wildman–Crippen MR) is 33.1 cm³/mol. The van der Waals surface area contributed by atoms with Gasteiger partial charge in [-0.05, 0) is 6.92 Å². The van der Waals surface area contributed by atoms with Gasteiger partial charge in [-0.25, -0.2) is 0 Å². The van der Waals surface area contributed by atoms with Crippen molar-refractivity contribution in [2.45, 2.75) is 6.92 Å². The van der Waals surface area contributed by atoms with Gasteiger partial charge < -0.3 is 16.2 Å². The monoisotopic (exact) mass is 130 g/mol. The first-order chi connectivity index (χ1) is 4.16. The summed E-state index contributed by atoms with van der Waals surface area (Å²) < 4.78 is 4.69. The summed E-state index contributed by atoms with van der Waals surface area (Å²) in [5.74, 6) is -0.536. The number of amides is 1. The second-order valence-electron chi connectivity index (χ2n) is 1.38. The standard InChI is InChI=1S/C5H10N2O2/c1-2-9-5(7)3-4(6)8/h3H,2,7H2,1H3,(H2,6,8). The van der Waals surface area contributed by atoms with Gasteiger partial charge in [-0.3, -0.25) is 4.79 Å². The van der Waals surface area contributed by atoms with Gasteiger partial charge in [-0.15, -0.1) is 0 Å². The van der Waals surface area contributed by atoms with Crippen LogP contribution in [0.3, 0.4) is 0 Å². The number of primary amides is 1. The molecule has 0 aromatic rings. The zero-order chi connectivity index (χ0) is 7.28. The zero-order valence-corrected chi connectivity index (χ0v) is 5.26. The van der Waals surface area contributed by atoms with E-state index in [0.717, 1.165) is 6.08 Å². The van der Waals surface area contributed by atoms with Crippen molar-refractivity contribution in [1.29, 1.82) is 0 Å². The minimum absolute atomic E-state index is 0.0602. The summed E-state index contributed by atoms with van der Waals surface area (Å²) in [6, 6.07) is 0. The van der Waals surface area contributed by atoms with E-state index in [-0.39, 0.29) is 5.88 Å². The Balaban J connectivity index is 3.69.